The smallest absolute Gasteiger partial charge is 0.130 e. The molecule has 0 saturated carbocycles. The van der Waals surface area contributed by atoms with E-state index in [-0.39, 0.29) is 0 Å². The molecule has 0 fully saturated rings. The molecule has 0 unspecified atom stereocenters. The van der Waals surface area contributed by atoms with E-state index in [1.807, 2.05) is 71.9 Å². The molecule has 5 nitrogen and oxygen atoms in total. The van der Waals surface area contributed by atoms with Gasteiger partial charge in [0.15, 0.2) is 0 Å². The van der Waals surface area contributed by atoms with Crippen LogP contribution in [0.4, 0.5) is 17.1 Å². The van der Waals surface area contributed by atoms with Crippen molar-refractivity contribution in [1.29, 1.82) is 0 Å². The van der Waals surface area contributed by atoms with E-state index in [4.69, 9.17) is 14.6 Å². The molecular weight excluding hydrogens is 398 g/mol. The maximum Gasteiger partial charge on any atom is 0.130 e. The molecule has 0 radical (unpaired) electrons. The van der Waals surface area contributed by atoms with Crippen molar-refractivity contribution in [3.8, 4) is 5.75 Å². The number of nitrogens with zero attached hydrogens (tertiary/aromatic N) is 3. The van der Waals surface area contributed by atoms with Crippen LogP contribution in [0.2, 0.25) is 0 Å². The summed E-state index contributed by atoms with van der Waals surface area (Å²) in [7, 11) is 0. The monoisotopic (exact) mass is 429 g/mol. The van der Waals surface area contributed by atoms with Gasteiger partial charge in [0.2, 0.25) is 0 Å². The van der Waals surface area contributed by atoms with Gasteiger partial charge in [-0.3, -0.25) is 0 Å². The van der Waals surface area contributed by atoms with Crippen LogP contribution in [0.5, 0.6) is 5.75 Å². The molecule has 5 heteroatoms. The lowest BCUT2D eigenvalue weighted by Gasteiger charge is -2.23. The summed E-state index contributed by atoms with van der Waals surface area (Å²) in [5.41, 5.74) is 3.99. The molecule has 32 heavy (non-hydrogen) atoms. The van der Waals surface area contributed by atoms with Crippen molar-refractivity contribution in [2.24, 2.45) is 5.10 Å². The Hall–Kier alpha value is -3.73. The molecule has 0 N–H and O–H groups in total. The van der Waals surface area contributed by atoms with E-state index < -0.39 is 0 Å². The second-order valence-electron chi connectivity index (χ2n) is 7.01. The maximum atomic E-state index is 6.05. The number of hydrazone groups is 1. The molecule has 3 rings (SSSR count). The van der Waals surface area contributed by atoms with Crippen LogP contribution >= 0.6 is 0 Å². The van der Waals surface area contributed by atoms with E-state index in [0.29, 0.717) is 13.2 Å². The predicted octanol–water partition coefficient (Wildman–Crippen LogP) is 6.24. The van der Waals surface area contributed by atoms with Gasteiger partial charge in [0.1, 0.15) is 19.0 Å². The van der Waals surface area contributed by atoms with E-state index >= 15 is 0 Å². The van der Waals surface area contributed by atoms with Crippen LogP contribution < -0.4 is 14.6 Å². The van der Waals surface area contributed by atoms with Crippen molar-refractivity contribution in [1.82, 2.24) is 0 Å². The van der Waals surface area contributed by atoms with Crippen LogP contribution in [0.25, 0.3) is 0 Å². The SMILES string of the molecule is C=COCCOc1cc(N(CC)CC)ccc1/C=N/N(c1ccccc1)c1ccccc1. The Morgan fingerprint density at radius 1 is 0.812 bits per heavy atom. The third kappa shape index (κ3) is 6.14. The van der Waals surface area contributed by atoms with Crippen LogP contribution in [-0.4, -0.2) is 32.5 Å². The average molecular weight is 430 g/mol. The van der Waals surface area contributed by atoms with Crippen LogP contribution in [-0.2, 0) is 4.74 Å². The lowest BCUT2D eigenvalue weighted by Crippen LogP contribution is -2.22. The maximum absolute atomic E-state index is 6.05. The Balaban J connectivity index is 1.93. The highest BCUT2D eigenvalue weighted by Gasteiger charge is 2.10. The fourth-order valence-electron chi connectivity index (χ4n) is 3.36. The van der Waals surface area contributed by atoms with Gasteiger partial charge in [-0.25, -0.2) is 5.01 Å². The highest BCUT2D eigenvalue weighted by atomic mass is 16.5. The summed E-state index contributed by atoms with van der Waals surface area (Å²) in [6.07, 6.45) is 3.27. The van der Waals surface area contributed by atoms with Crippen molar-refractivity contribution in [3.05, 3.63) is 97.3 Å². The number of ether oxygens (including phenoxy) is 2. The molecule has 0 aliphatic rings. The molecule has 0 heterocycles. The van der Waals surface area contributed by atoms with Gasteiger partial charge >= 0.3 is 0 Å². The summed E-state index contributed by atoms with van der Waals surface area (Å²) in [6.45, 7) is 10.6. The van der Waals surface area contributed by atoms with Crippen molar-refractivity contribution in [3.63, 3.8) is 0 Å². The van der Waals surface area contributed by atoms with Gasteiger partial charge in [-0.1, -0.05) is 43.0 Å². The van der Waals surface area contributed by atoms with Gasteiger partial charge in [0, 0.05) is 30.4 Å². The second kappa shape index (κ2) is 12.2. The fourth-order valence-corrected chi connectivity index (χ4v) is 3.36. The van der Waals surface area contributed by atoms with Crippen LogP contribution in [0, 0.1) is 0 Å². The lowest BCUT2D eigenvalue weighted by atomic mass is 10.1. The number of para-hydroxylation sites is 2. The van der Waals surface area contributed by atoms with Crippen LogP contribution in [0.1, 0.15) is 19.4 Å². The first kappa shape index (κ1) is 22.9. The van der Waals surface area contributed by atoms with Gasteiger partial charge < -0.3 is 14.4 Å². The Bertz CT molecular complexity index is 947. The second-order valence-corrected chi connectivity index (χ2v) is 7.01. The summed E-state index contributed by atoms with van der Waals surface area (Å²) >= 11 is 0. The lowest BCUT2D eigenvalue weighted by molar-refractivity contribution is 0.179. The fraction of sp³-hybridized carbons (Fsp3) is 0.222. The molecule has 166 valence electrons. The molecule has 3 aromatic rings. The topological polar surface area (TPSA) is 37.3 Å². The first-order chi connectivity index (χ1) is 15.8. The summed E-state index contributed by atoms with van der Waals surface area (Å²) in [5.74, 6) is 0.770. The zero-order valence-electron chi connectivity index (χ0n) is 18.9. The number of anilines is 3. The van der Waals surface area contributed by atoms with Crippen molar-refractivity contribution in [2.75, 3.05) is 36.2 Å². The number of rotatable bonds is 12. The Labute approximate surface area is 191 Å². The first-order valence-electron chi connectivity index (χ1n) is 10.9. The molecule has 0 atom stereocenters. The molecule has 0 saturated heterocycles. The molecule has 0 spiro atoms. The van der Waals surface area contributed by atoms with Gasteiger partial charge in [0.05, 0.1) is 23.9 Å². The number of hydrogen-bond donors (Lipinski definition) is 0. The van der Waals surface area contributed by atoms with E-state index in [0.717, 1.165) is 41.5 Å². The highest BCUT2D eigenvalue weighted by molar-refractivity contribution is 5.86. The minimum absolute atomic E-state index is 0.426. The normalized spacial score (nSPS) is 10.7. The van der Waals surface area contributed by atoms with Gasteiger partial charge in [-0.05, 0) is 50.2 Å². The quantitative estimate of drug-likeness (QED) is 0.148. The van der Waals surface area contributed by atoms with Crippen LogP contribution in [0.3, 0.4) is 0 Å². The van der Waals surface area contributed by atoms with Gasteiger partial charge in [-0.15, -0.1) is 0 Å². The highest BCUT2D eigenvalue weighted by Crippen LogP contribution is 2.28. The van der Waals surface area contributed by atoms with Crippen LogP contribution in [0.15, 0.2) is 96.8 Å². The minimum Gasteiger partial charge on any atom is -0.498 e. The first-order valence-corrected chi connectivity index (χ1v) is 10.9. The molecular formula is C27H31N3O2. The number of benzene rings is 3. The summed E-state index contributed by atoms with van der Waals surface area (Å²) in [6, 6.07) is 26.4. The molecule has 0 aromatic heterocycles. The summed E-state index contributed by atoms with van der Waals surface area (Å²) in [5, 5.41) is 6.74. The Morgan fingerprint density at radius 3 is 2.00 bits per heavy atom. The predicted molar refractivity (Wildman–Crippen MR) is 134 cm³/mol. The third-order valence-electron chi connectivity index (χ3n) is 5.02. The Kier molecular flexibility index (Phi) is 8.75. The molecule has 0 bridgehead atoms. The molecule has 0 amide bonds. The van der Waals surface area contributed by atoms with E-state index in [1.165, 1.54) is 6.26 Å². The average Bonchev–Trinajstić information content (AvgIpc) is 2.85. The minimum atomic E-state index is 0.426. The van der Waals surface area contributed by atoms with Crippen molar-refractivity contribution < 1.29 is 9.47 Å². The largest absolute Gasteiger partial charge is 0.498 e. The van der Waals surface area contributed by atoms with E-state index in [1.54, 1.807) is 0 Å². The standard InChI is InChI=1S/C27H31N3O2/c1-4-29(5-2)26-18-17-23(27(21-26)32-20-19-31-6-3)22-28-30(24-13-9-7-10-14-24)25-15-11-8-12-16-25/h6-18,21-22H,3-5,19-20H2,1-2H3/b28-22+. The van der Waals surface area contributed by atoms with E-state index in [2.05, 4.69) is 43.5 Å². The van der Waals surface area contributed by atoms with Crippen molar-refractivity contribution >= 4 is 23.3 Å². The molecule has 3 aromatic carbocycles. The zero-order valence-corrected chi connectivity index (χ0v) is 18.9. The molecule has 0 aliphatic heterocycles. The summed E-state index contributed by atoms with van der Waals surface area (Å²) in [4.78, 5) is 2.29. The van der Waals surface area contributed by atoms with Gasteiger partial charge in [-0.2, -0.15) is 5.10 Å². The third-order valence-corrected chi connectivity index (χ3v) is 5.02. The van der Waals surface area contributed by atoms with E-state index in [9.17, 15) is 0 Å². The molecule has 0 aliphatic carbocycles. The summed E-state index contributed by atoms with van der Waals surface area (Å²) < 4.78 is 11.3. The Morgan fingerprint density at radius 2 is 1.44 bits per heavy atom. The van der Waals surface area contributed by atoms with Crippen molar-refractivity contribution in [2.45, 2.75) is 13.8 Å². The van der Waals surface area contributed by atoms with Gasteiger partial charge in [0.25, 0.3) is 0 Å². The zero-order chi connectivity index (χ0) is 22.6. The number of hydrogen-bond acceptors (Lipinski definition) is 5.